The van der Waals surface area contributed by atoms with Crippen molar-refractivity contribution < 1.29 is 5.11 Å². The van der Waals surface area contributed by atoms with Crippen LogP contribution in [0.2, 0.25) is 0 Å². The van der Waals surface area contributed by atoms with Crippen LogP contribution in [0.5, 0.6) is 0 Å². The third kappa shape index (κ3) is 4.46. The van der Waals surface area contributed by atoms with E-state index in [2.05, 4.69) is 13.8 Å². The molecule has 0 aromatic rings. The third-order valence-corrected chi connectivity index (χ3v) is 1.84. The van der Waals surface area contributed by atoms with Crippen molar-refractivity contribution in [1.82, 2.24) is 0 Å². The molecule has 2 atom stereocenters. The van der Waals surface area contributed by atoms with Gasteiger partial charge in [-0.1, -0.05) is 26.7 Å². The summed E-state index contributed by atoms with van der Waals surface area (Å²) in [6.45, 7) is 6.13. The summed E-state index contributed by atoms with van der Waals surface area (Å²) in [7, 11) is 0. The fraction of sp³-hybridized carbons (Fsp3) is 1.00. The van der Waals surface area contributed by atoms with Gasteiger partial charge in [0.1, 0.15) is 0 Å². The van der Waals surface area contributed by atoms with Crippen LogP contribution in [0.15, 0.2) is 0 Å². The second-order valence-electron chi connectivity index (χ2n) is 2.86. The van der Waals surface area contributed by atoms with Crippen LogP contribution < -0.4 is 0 Å². The molecule has 0 saturated carbocycles. The van der Waals surface area contributed by atoms with Crippen molar-refractivity contribution in [1.29, 1.82) is 0 Å². The Morgan fingerprint density at radius 2 is 1.89 bits per heavy atom. The van der Waals surface area contributed by atoms with Crippen LogP contribution in [-0.4, -0.2) is 11.2 Å². The first kappa shape index (κ1) is 8.96. The lowest BCUT2D eigenvalue weighted by molar-refractivity contribution is 0.128. The summed E-state index contributed by atoms with van der Waals surface area (Å²) < 4.78 is 0. The van der Waals surface area contributed by atoms with Crippen LogP contribution in [0.4, 0.5) is 0 Å². The van der Waals surface area contributed by atoms with E-state index in [9.17, 15) is 0 Å². The molecule has 0 bridgehead atoms. The number of unbranched alkanes of at least 4 members (excludes halogenated alkanes) is 1. The topological polar surface area (TPSA) is 20.2 Å². The van der Waals surface area contributed by atoms with Gasteiger partial charge in [0.25, 0.3) is 0 Å². The summed E-state index contributed by atoms with van der Waals surface area (Å²) in [5, 5.41) is 9.05. The predicted molar refractivity (Wildman–Crippen MR) is 40.4 cm³/mol. The van der Waals surface area contributed by atoms with Crippen molar-refractivity contribution in [3.63, 3.8) is 0 Å². The van der Waals surface area contributed by atoms with Crippen LogP contribution in [-0.2, 0) is 0 Å². The molecule has 1 N–H and O–H groups in total. The Morgan fingerprint density at radius 3 is 2.22 bits per heavy atom. The molecule has 56 valence electrons. The van der Waals surface area contributed by atoms with Gasteiger partial charge < -0.3 is 5.11 Å². The smallest absolute Gasteiger partial charge is 0.0537 e. The maximum absolute atomic E-state index is 9.05. The first-order valence-corrected chi connectivity index (χ1v) is 3.86. The second kappa shape index (κ2) is 4.80. The van der Waals surface area contributed by atoms with Gasteiger partial charge in [0.15, 0.2) is 0 Å². The van der Waals surface area contributed by atoms with E-state index in [0.29, 0.717) is 5.92 Å². The maximum atomic E-state index is 9.05. The van der Waals surface area contributed by atoms with Gasteiger partial charge in [-0.2, -0.15) is 0 Å². The zero-order chi connectivity index (χ0) is 7.28. The molecule has 0 aromatic heterocycles. The Labute approximate surface area is 58.1 Å². The minimum atomic E-state index is -0.128. The molecule has 0 unspecified atom stereocenters. The SMILES string of the molecule is CCCC[C@@H](C)[C@@H](C)O. The van der Waals surface area contributed by atoms with E-state index >= 15 is 0 Å². The van der Waals surface area contributed by atoms with Crippen molar-refractivity contribution in [3.05, 3.63) is 0 Å². The van der Waals surface area contributed by atoms with Gasteiger partial charge in [-0.15, -0.1) is 0 Å². The average Bonchev–Trinajstić information content (AvgIpc) is 1.82. The Balaban J connectivity index is 3.16. The van der Waals surface area contributed by atoms with Gasteiger partial charge in [-0.3, -0.25) is 0 Å². The molecule has 1 heteroatoms. The van der Waals surface area contributed by atoms with Crippen LogP contribution in [0.25, 0.3) is 0 Å². The van der Waals surface area contributed by atoms with Crippen LogP contribution >= 0.6 is 0 Å². The maximum Gasteiger partial charge on any atom is 0.0537 e. The fourth-order valence-corrected chi connectivity index (χ4v) is 0.767. The zero-order valence-electron chi connectivity index (χ0n) is 6.72. The molecular weight excluding hydrogens is 112 g/mol. The van der Waals surface area contributed by atoms with E-state index in [1.165, 1.54) is 12.8 Å². The minimum absolute atomic E-state index is 0.128. The van der Waals surface area contributed by atoms with Gasteiger partial charge in [-0.25, -0.2) is 0 Å². The lowest BCUT2D eigenvalue weighted by Crippen LogP contribution is -2.12. The third-order valence-electron chi connectivity index (χ3n) is 1.84. The van der Waals surface area contributed by atoms with E-state index in [0.717, 1.165) is 6.42 Å². The summed E-state index contributed by atoms with van der Waals surface area (Å²) in [6, 6.07) is 0. The number of rotatable bonds is 4. The minimum Gasteiger partial charge on any atom is -0.393 e. The van der Waals surface area contributed by atoms with E-state index < -0.39 is 0 Å². The van der Waals surface area contributed by atoms with Crippen LogP contribution in [0.1, 0.15) is 40.0 Å². The standard InChI is InChI=1S/C8H18O/c1-4-5-6-7(2)8(3)9/h7-9H,4-6H2,1-3H3/t7-,8-/m1/s1. The van der Waals surface area contributed by atoms with Crippen molar-refractivity contribution in [2.24, 2.45) is 5.92 Å². The molecule has 0 saturated heterocycles. The van der Waals surface area contributed by atoms with Gasteiger partial charge in [0.05, 0.1) is 6.10 Å². The lowest BCUT2D eigenvalue weighted by Gasteiger charge is -2.12. The Morgan fingerprint density at radius 1 is 1.33 bits per heavy atom. The Bertz CT molecular complexity index is 59.6. The van der Waals surface area contributed by atoms with E-state index in [1.807, 2.05) is 6.92 Å². The lowest BCUT2D eigenvalue weighted by atomic mass is 10.00. The molecule has 0 spiro atoms. The highest BCUT2D eigenvalue weighted by molar-refractivity contribution is 4.57. The fourth-order valence-electron chi connectivity index (χ4n) is 0.767. The van der Waals surface area contributed by atoms with Gasteiger partial charge in [0.2, 0.25) is 0 Å². The first-order chi connectivity index (χ1) is 4.18. The van der Waals surface area contributed by atoms with Crippen molar-refractivity contribution >= 4 is 0 Å². The second-order valence-corrected chi connectivity index (χ2v) is 2.86. The highest BCUT2D eigenvalue weighted by Gasteiger charge is 2.06. The summed E-state index contributed by atoms with van der Waals surface area (Å²) in [5.41, 5.74) is 0. The number of aliphatic hydroxyl groups excluding tert-OH is 1. The molecule has 0 aromatic carbocycles. The predicted octanol–water partition coefficient (Wildman–Crippen LogP) is 2.19. The summed E-state index contributed by atoms with van der Waals surface area (Å²) in [6.07, 6.45) is 3.51. The van der Waals surface area contributed by atoms with E-state index in [1.54, 1.807) is 0 Å². The number of hydrogen-bond donors (Lipinski definition) is 1. The normalized spacial score (nSPS) is 17.3. The van der Waals surface area contributed by atoms with Crippen LogP contribution in [0, 0.1) is 5.92 Å². The molecule has 0 aliphatic carbocycles. The molecular formula is C8H18O. The van der Waals surface area contributed by atoms with Crippen molar-refractivity contribution in [2.75, 3.05) is 0 Å². The highest BCUT2D eigenvalue weighted by Crippen LogP contribution is 2.10. The number of hydrogen-bond acceptors (Lipinski definition) is 1. The highest BCUT2D eigenvalue weighted by atomic mass is 16.3. The molecule has 0 radical (unpaired) electrons. The molecule has 0 amide bonds. The summed E-state index contributed by atoms with van der Waals surface area (Å²) in [5.74, 6) is 0.477. The Hall–Kier alpha value is -0.0400. The van der Waals surface area contributed by atoms with Gasteiger partial charge >= 0.3 is 0 Å². The summed E-state index contributed by atoms with van der Waals surface area (Å²) >= 11 is 0. The molecule has 0 aliphatic heterocycles. The largest absolute Gasteiger partial charge is 0.393 e. The van der Waals surface area contributed by atoms with Gasteiger partial charge in [0, 0.05) is 0 Å². The molecule has 0 rings (SSSR count). The zero-order valence-corrected chi connectivity index (χ0v) is 6.72. The van der Waals surface area contributed by atoms with Gasteiger partial charge in [-0.05, 0) is 19.3 Å². The van der Waals surface area contributed by atoms with Crippen molar-refractivity contribution in [2.45, 2.75) is 46.1 Å². The van der Waals surface area contributed by atoms with Crippen molar-refractivity contribution in [3.8, 4) is 0 Å². The average molecular weight is 130 g/mol. The van der Waals surface area contributed by atoms with Crippen LogP contribution in [0.3, 0.4) is 0 Å². The summed E-state index contributed by atoms with van der Waals surface area (Å²) in [4.78, 5) is 0. The molecule has 9 heavy (non-hydrogen) atoms. The first-order valence-electron chi connectivity index (χ1n) is 3.86. The quantitative estimate of drug-likeness (QED) is 0.618. The monoisotopic (exact) mass is 130 g/mol. The molecule has 1 nitrogen and oxygen atoms in total. The van der Waals surface area contributed by atoms with E-state index in [-0.39, 0.29) is 6.10 Å². The molecule has 0 aliphatic rings. The Kier molecular flexibility index (Phi) is 4.78. The number of aliphatic hydroxyl groups is 1. The molecule has 0 fully saturated rings. The van der Waals surface area contributed by atoms with E-state index in [4.69, 9.17) is 5.11 Å². The molecule has 0 heterocycles.